The van der Waals surface area contributed by atoms with E-state index in [-0.39, 0.29) is 5.91 Å². The number of rotatable bonds is 2. The minimum atomic E-state index is -0.938. The van der Waals surface area contributed by atoms with Gasteiger partial charge in [0.25, 0.3) is 0 Å². The summed E-state index contributed by atoms with van der Waals surface area (Å²) in [4.78, 5) is 23.5. The normalized spacial score (nSPS) is 24.5. The van der Waals surface area contributed by atoms with Crippen molar-refractivity contribution in [1.29, 1.82) is 0 Å². The van der Waals surface area contributed by atoms with Crippen LogP contribution in [0.2, 0.25) is 0 Å². The first kappa shape index (κ1) is 10.7. The smallest absolute Gasteiger partial charge is 0.327 e. The molecule has 0 aliphatic carbocycles. The van der Waals surface area contributed by atoms with Crippen molar-refractivity contribution in [3.8, 4) is 0 Å². The molecular formula is C7H11NO3S2. The average molecular weight is 221 g/mol. The number of nitrogens with zero attached hydrogens (tertiary/aromatic N) is 1. The monoisotopic (exact) mass is 221 g/mol. The highest BCUT2D eigenvalue weighted by Crippen LogP contribution is 2.22. The summed E-state index contributed by atoms with van der Waals surface area (Å²) in [5.74, 6) is -0.212. The molecule has 1 aliphatic rings. The first-order valence-corrected chi connectivity index (χ1v) is 5.50. The minimum absolute atomic E-state index is 0.208. The highest BCUT2D eigenvalue weighted by atomic mass is 32.2. The highest BCUT2D eigenvalue weighted by molar-refractivity contribution is 7.99. The molecule has 74 valence electrons. The third kappa shape index (κ3) is 2.31. The molecule has 1 saturated heterocycles. The van der Waals surface area contributed by atoms with E-state index in [4.69, 9.17) is 5.11 Å². The van der Waals surface area contributed by atoms with Crippen molar-refractivity contribution in [1.82, 2.24) is 4.90 Å². The second kappa shape index (κ2) is 4.23. The Morgan fingerprint density at radius 3 is 2.77 bits per heavy atom. The van der Waals surface area contributed by atoms with Crippen LogP contribution in [0.4, 0.5) is 0 Å². The molecule has 0 bridgehead atoms. The summed E-state index contributed by atoms with van der Waals surface area (Å²) in [5.41, 5.74) is 0. The molecule has 0 saturated carbocycles. The van der Waals surface area contributed by atoms with Crippen molar-refractivity contribution in [3.63, 3.8) is 0 Å². The topological polar surface area (TPSA) is 57.6 Å². The molecule has 0 radical (unpaired) electrons. The van der Waals surface area contributed by atoms with Crippen LogP contribution in [0.5, 0.6) is 0 Å². The number of carbonyl (C=O) groups excluding carboxylic acids is 1. The van der Waals surface area contributed by atoms with Gasteiger partial charge in [-0.25, -0.2) is 4.79 Å². The van der Waals surface area contributed by atoms with Crippen LogP contribution < -0.4 is 0 Å². The second-order valence-corrected chi connectivity index (χ2v) is 4.61. The summed E-state index contributed by atoms with van der Waals surface area (Å²) < 4.78 is 0. The fraction of sp³-hybridized carbons (Fsp3) is 0.714. The van der Waals surface area contributed by atoms with Crippen molar-refractivity contribution in [2.24, 2.45) is 0 Å². The summed E-state index contributed by atoms with van der Waals surface area (Å²) >= 11 is 5.44. The van der Waals surface area contributed by atoms with Gasteiger partial charge >= 0.3 is 5.97 Å². The summed E-state index contributed by atoms with van der Waals surface area (Å²) in [5, 5.41) is 8.35. The number of carbonyl (C=O) groups is 2. The van der Waals surface area contributed by atoms with Crippen LogP contribution in [0.15, 0.2) is 0 Å². The van der Waals surface area contributed by atoms with Gasteiger partial charge in [0.1, 0.15) is 6.04 Å². The van der Waals surface area contributed by atoms with Gasteiger partial charge in [-0.1, -0.05) is 0 Å². The van der Waals surface area contributed by atoms with Gasteiger partial charge in [-0.05, 0) is 6.92 Å². The number of hydrogen-bond donors (Lipinski definition) is 2. The molecule has 4 nitrogen and oxygen atoms in total. The molecule has 2 atom stereocenters. The van der Waals surface area contributed by atoms with Crippen LogP contribution in [-0.2, 0) is 9.59 Å². The van der Waals surface area contributed by atoms with E-state index in [1.54, 1.807) is 6.92 Å². The molecule has 1 fully saturated rings. The lowest BCUT2D eigenvalue weighted by molar-refractivity contribution is -0.147. The summed E-state index contributed by atoms with van der Waals surface area (Å²) in [7, 11) is 0. The molecule has 1 rings (SSSR count). The second-order valence-electron chi connectivity index (χ2n) is 2.84. The summed E-state index contributed by atoms with van der Waals surface area (Å²) in [6.45, 7) is 1.65. The van der Waals surface area contributed by atoms with Crippen LogP contribution >= 0.6 is 24.4 Å². The van der Waals surface area contributed by atoms with Crippen LogP contribution in [0.3, 0.4) is 0 Å². The van der Waals surface area contributed by atoms with E-state index in [9.17, 15) is 9.59 Å². The fourth-order valence-corrected chi connectivity index (χ4v) is 2.41. The van der Waals surface area contributed by atoms with Crippen molar-refractivity contribution >= 4 is 36.3 Å². The van der Waals surface area contributed by atoms with Gasteiger partial charge in [-0.3, -0.25) is 4.79 Å². The van der Waals surface area contributed by atoms with Gasteiger partial charge < -0.3 is 10.0 Å². The Morgan fingerprint density at radius 2 is 2.31 bits per heavy atom. The highest BCUT2D eigenvalue weighted by Gasteiger charge is 2.35. The van der Waals surface area contributed by atoms with Gasteiger partial charge in [0, 0.05) is 5.75 Å². The van der Waals surface area contributed by atoms with E-state index >= 15 is 0 Å². The lowest BCUT2D eigenvalue weighted by atomic mass is 10.3. The average Bonchev–Trinajstić information content (AvgIpc) is 2.50. The largest absolute Gasteiger partial charge is 0.480 e. The third-order valence-corrected chi connectivity index (χ3v) is 3.04. The van der Waals surface area contributed by atoms with E-state index in [0.29, 0.717) is 11.6 Å². The quantitative estimate of drug-likeness (QED) is 0.658. The first-order chi connectivity index (χ1) is 6.04. The van der Waals surface area contributed by atoms with Gasteiger partial charge in [0.15, 0.2) is 0 Å². The molecule has 13 heavy (non-hydrogen) atoms. The molecule has 0 spiro atoms. The van der Waals surface area contributed by atoms with E-state index in [2.05, 4.69) is 12.6 Å². The van der Waals surface area contributed by atoms with E-state index in [1.165, 1.54) is 16.7 Å². The van der Waals surface area contributed by atoms with E-state index < -0.39 is 17.3 Å². The Kier molecular flexibility index (Phi) is 3.49. The molecule has 1 aliphatic heterocycles. The summed E-state index contributed by atoms with van der Waals surface area (Å²) in [6.07, 6.45) is 0. The molecule has 0 unspecified atom stereocenters. The molecule has 0 aromatic carbocycles. The SMILES string of the molecule is C[C@H](S)C(=O)N1CSC[C@H]1C(=O)O. The van der Waals surface area contributed by atoms with E-state index in [0.717, 1.165) is 0 Å². The van der Waals surface area contributed by atoms with Gasteiger partial charge in [-0.15, -0.1) is 11.8 Å². The maximum absolute atomic E-state index is 11.4. The van der Waals surface area contributed by atoms with Crippen molar-refractivity contribution < 1.29 is 14.7 Å². The zero-order valence-electron chi connectivity index (χ0n) is 7.14. The molecule has 1 N–H and O–H groups in total. The van der Waals surface area contributed by atoms with Crippen molar-refractivity contribution in [2.45, 2.75) is 18.2 Å². The maximum Gasteiger partial charge on any atom is 0.327 e. The number of hydrogen-bond acceptors (Lipinski definition) is 4. The van der Waals surface area contributed by atoms with Crippen LogP contribution in [0, 0.1) is 0 Å². The Labute approximate surface area is 86.1 Å². The number of thiol groups is 1. The zero-order valence-corrected chi connectivity index (χ0v) is 8.85. The Balaban J connectivity index is 2.68. The van der Waals surface area contributed by atoms with Crippen LogP contribution in [0.25, 0.3) is 0 Å². The van der Waals surface area contributed by atoms with Gasteiger partial charge in [-0.2, -0.15) is 12.6 Å². The predicted octanol–water partition coefficient (Wildman–Crippen LogP) is 0.291. The zero-order chi connectivity index (χ0) is 10.0. The predicted molar refractivity (Wildman–Crippen MR) is 54.0 cm³/mol. The number of carboxylic acids is 1. The Morgan fingerprint density at radius 1 is 1.69 bits per heavy atom. The van der Waals surface area contributed by atoms with Crippen LogP contribution in [0.1, 0.15) is 6.92 Å². The third-order valence-electron chi connectivity index (χ3n) is 1.81. The number of carboxylic acid groups (broad SMARTS) is 1. The van der Waals surface area contributed by atoms with E-state index in [1.807, 2.05) is 0 Å². The lowest BCUT2D eigenvalue weighted by Gasteiger charge is -2.21. The Bertz CT molecular complexity index is 232. The fourth-order valence-electron chi connectivity index (χ4n) is 1.10. The van der Waals surface area contributed by atoms with Crippen molar-refractivity contribution in [2.75, 3.05) is 11.6 Å². The molecule has 1 amide bonds. The molecule has 0 aromatic heterocycles. The molecular weight excluding hydrogens is 210 g/mol. The first-order valence-electron chi connectivity index (χ1n) is 3.83. The molecule has 0 aromatic rings. The number of thioether (sulfide) groups is 1. The van der Waals surface area contributed by atoms with Gasteiger partial charge in [0.2, 0.25) is 5.91 Å². The summed E-state index contributed by atoms with van der Waals surface area (Å²) in [6, 6.07) is -0.674. The minimum Gasteiger partial charge on any atom is -0.480 e. The lowest BCUT2D eigenvalue weighted by Crippen LogP contribution is -2.44. The maximum atomic E-state index is 11.4. The number of amides is 1. The molecule has 1 heterocycles. The standard InChI is InChI=1S/C7H11NO3S2/c1-4(12)6(9)8-3-13-2-5(8)7(10)11/h4-5,12H,2-3H2,1H3,(H,10,11)/t4-,5-/m0/s1. The molecule has 6 heteroatoms. The Hall–Kier alpha value is -0.360. The van der Waals surface area contributed by atoms with Crippen LogP contribution in [-0.4, -0.2) is 44.8 Å². The van der Waals surface area contributed by atoms with Gasteiger partial charge in [0.05, 0.1) is 11.1 Å². The van der Waals surface area contributed by atoms with Crippen molar-refractivity contribution in [3.05, 3.63) is 0 Å². The number of aliphatic carboxylic acids is 1.